The number of aliphatic hydroxyl groups excluding tert-OH is 1. The van der Waals surface area contributed by atoms with Crippen LogP contribution in [0.2, 0.25) is 0 Å². The topological polar surface area (TPSA) is 160 Å². The summed E-state index contributed by atoms with van der Waals surface area (Å²) in [7, 11) is -5.95. The van der Waals surface area contributed by atoms with Crippen molar-refractivity contribution in [2.75, 3.05) is 39.9 Å². The lowest BCUT2D eigenvalue weighted by Gasteiger charge is -2.38. The molecule has 2 unspecified atom stereocenters. The number of nitrogens with two attached hydrogens (primary N) is 1. The van der Waals surface area contributed by atoms with Crippen LogP contribution in [0, 0.1) is 6.92 Å². The van der Waals surface area contributed by atoms with E-state index < -0.39 is 31.8 Å². The minimum absolute atomic E-state index is 0.0110. The lowest BCUT2D eigenvalue weighted by molar-refractivity contribution is -0.0312. The van der Waals surface area contributed by atoms with Gasteiger partial charge >= 0.3 is 0 Å². The third kappa shape index (κ3) is 7.92. The van der Waals surface area contributed by atoms with Crippen LogP contribution in [0.4, 0.5) is 0 Å². The predicted octanol–water partition coefficient (Wildman–Crippen LogP) is 2.37. The minimum Gasteiger partial charge on any atom is -0.491 e. The summed E-state index contributed by atoms with van der Waals surface area (Å²) < 4.78 is 67.1. The first-order valence-corrected chi connectivity index (χ1v) is 18.0. The Bertz CT molecular complexity index is 1690. The van der Waals surface area contributed by atoms with E-state index in [-0.39, 0.29) is 29.0 Å². The Hall–Kier alpha value is -2.88. The van der Waals surface area contributed by atoms with Crippen molar-refractivity contribution in [1.82, 2.24) is 14.3 Å². The molecule has 2 saturated heterocycles. The molecule has 0 amide bonds. The van der Waals surface area contributed by atoms with Gasteiger partial charge in [0.05, 0.1) is 22.0 Å². The van der Waals surface area contributed by atoms with E-state index in [1.165, 1.54) is 19.2 Å². The van der Waals surface area contributed by atoms with E-state index >= 15 is 0 Å². The number of aliphatic hydroxyl groups is 1. The lowest BCUT2D eigenvalue weighted by atomic mass is 9.88. The molecule has 0 aliphatic carbocycles. The second-order valence-corrected chi connectivity index (χ2v) is 15.6. The van der Waals surface area contributed by atoms with E-state index in [9.17, 15) is 21.9 Å². The molecule has 2 aliphatic rings. The van der Waals surface area contributed by atoms with Crippen LogP contribution in [0.1, 0.15) is 30.4 Å². The van der Waals surface area contributed by atoms with Crippen molar-refractivity contribution in [3.8, 4) is 16.9 Å². The number of benzene rings is 3. The highest BCUT2D eigenvalue weighted by Gasteiger charge is 2.44. The molecule has 5 N–H and O–H groups in total. The second-order valence-electron chi connectivity index (χ2n) is 11.8. The largest absolute Gasteiger partial charge is 0.491 e. The van der Waals surface area contributed by atoms with Gasteiger partial charge in [0.25, 0.3) is 0 Å². The molecule has 0 bridgehead atoms. The highest BCUT2D eigenvalue weighted by Crippen LogP contribution is 2.38. The smallest absolute Gasteiger partial charge is 0.243 e. The van der Waals surface area contributed by atoms with Crippen LogP contribution >= 0.6 is 0 Å². The van der Waals surface area contributed by atoms with Gasteiger partial charge in [0, 0.05) is 38.3 Å². The molecule has 5 rings (SSSR count). The Morgan fingerprint density at radius 2 is 1.76 bits per heavy atom. The number of hydrogen-bond donors (Lipinski definition) is 4. The monoisotopic (exact) mass is 658 g/mol. The first-order chi connectivity index (χ1) is 21.4. The molecule has 13 heteroatoms. The third-order valence-electron chi connectivity index (χ3n) is 8.52. The van der Waals surface area contributed by atoms with E-state index in [0.29, 0.717) is 51.3 Å². The first kappa shape index (κ1) is 33.5. The molecule has 0 aromatic heterocycles. The Labute approximate surface area is 265 Å². The number of hydrogen-bond acceptors (Lipinski definition) is 9. The fraction of sp³-hybridized carbons (Fsp3) is 0.438. The Morgan fingerprint density at radius 1 is 1.02 bits per heavy atom. The number of piperidine rings is 1. The fourth-order valence-corrected chi connectivity index (χ4v) is 8.24. The number of nitrogens with one attached hydrogen (secondary N) is 2. The first-order valence-electron chi connectivity index (χ1n) is 15.1. The second kappa shape index (κ2) is 13.9. The number of aryl methyl sites for hydroxylation is 1. The van der Waals surface area contributed by atoms with Crippen molar-refractivity contribution in [3.05, 3.63) is 77.9 Å². The zero-order valence-corrected chi connectivity index (χ0v) is 27.2. The predicted molar refractivity (Wildman–Crippen MR) is 172 cm³/mol. The molecule has 45 heavy (non-hydrogen) atoms. The fourth-order valence-electron chi connectivity index (χ4n) is 5.91. The average molecular weight is 659 g/mol. The van der Waals surface area contributed by atoms with Gasteiger partial charge in [-0.25, -0.2) is 21.6 Å². The molecular weight excluding hydrogens is 617 g/mol. The Morgan fingerprint density at radius 3 is 2.44 bits per heavy atom. The normalized spacial score (nSPS) is 19.5. The number of rotatable bonds is 12. The van der Waals surface area contributed by atoms with Crippen LogP contribution < -0.4 is 20.5 Å². The molecule has 11 nitrogen and oxygen atoms in total. The van der Waals surface area contributed by atoms with E-state index in [4.69, 9.17) is 15.2 Å². The van der Waals surface area contributed by atoms with Crippen LogP contribution in [0.3, 0.4) is 0 Å². The molecule has 2 fully saturated rings. The van der Waals surface area contributed by atoms with E-state index in [1.54, 1.807) is 28.6 Å². The molecule has 0 saturated carbocycles. The summed E-state index contributed by atoms with van der Waals surface area (Å²) >= 11 is 0. The van der Waals surface area contributed by atoms with Crippen LogP contribution in [0.25, 0.3) is 11.1 Å². The van der Waals surface area contributed by atoms with Gasteiger partial charge in [-0.15, -0.1) is 0 Å². The SMILES string of the molecule is CNS(=O)(=O)c1cccc(OCC(O)CNC2COC3(CCN(S(=O)(=O)c4cc(C)cc(-c5ccc(CN)cc5)c4)CC3)C2)c1. The summed E-state index contributed by atoms with van der Waals surface area (Å²) in [6.45, 7) is 3.80. The van der Waals surface area contributed by atoms with Gasteiger partial charge < -0.3 is 25.6 Å². The highest BCUT2D eigenvalue weighted by atomic mass is 32.2. The van der Waals surface area contributed by atoms with E-state index in [1.807, 2.05) is 37.3 Å². The number of nitrogens with zero attached hydrogens (tertiary/aromatic N) is 1. The average Bonchev–Trinajstić information content (AvgIpc) is 3.44. The van der Waals surface area contributed by atoms with Crippen molar-refractivity contribution >= 4 is 20.0 Å². The van der Waals surface area contributed by atoms with Gasteiger partial charge in [-0.2, -0.15) is 4.31 Å². The van der Waals surface area contributed by atoms with Gasteiger partial charge in [0.2, 0.25) is 20.0 Å². The summed E-state index contributed by atoms with van der Waals surface area (Å²) in [6.07, 6.45) is 1.06. The number of sulfonamides is 2. The van der Waals surface area contributed by atoms with Gasteiger partial charge in [-0.05, 0) is 79.8 Å². The van der Waals surface area contributed by atoms with Gasteiger partial charge in [0.15, 0.2) is 0 Å². The van der Waals surface area contributed by atoms with E-state index in [2.05, 4.69) is 10.0 Å². The van der Waals surface area contributed by atoms with Crippen molar-refractivity contribution in [1.29, 1.82) is 0 Å². The van der Waals surface area contributed by atoms with Crippen LogP contribution in [-0.4, -0.2) is 83.9 Å². The third-order valence-corrected chi connectivity index (χ3v) is 11.8. The van der Waals surface area contributed by atoms with Crippen molar-refractivity contribution in [2.24, 2.45) is 5.73 Å². The standard InChI is InChI=1S/C32H42N4O7S2/c1-23-14-26(25-8-6-24(19-33)7-9-25)16-31(15-23)45(40,41)36-12-10-32(11-13-36)18-27(21-43-32)35-20-28(37)22-42-29-4-3-5-30(17-29)44(38,39)34-2/h3-9,14-17,27-28,34-35,37H,10-13,18-22,33H2,1-2H3. The molecule has 244 valence electrons. The molecular formula is C32H42N4O7S2. The lowest BCUT2D eigenvalue weighted by Crippen LogP contribution is -2.47. The molecule has 3 aromatic carbocycles. The molecule has 1 spiro atoms. The Balaban J connectivity index is 1.12. The quantitative estimate of drug-likeness (QED) is 0.229. The van der Waals surface area contributed by atoms with Crippen molar-refractivity contribution < 1.29 is 31.4 Å². The summed E-state index contributed by atoms with van der Waals surface area (Å²) in [5, 5.41) is 13.8. The maximum absolute atomic E-state index is 13.7. The molecule has 2 heterocycles. The Kier molecular flexibility index (Phi) is 10.3. The summed E-state index contributed by atoms with van der Waals surface area (Å²) in [4.78, 5) is 0.370. The van der Waals surface area contributed by atoms with Crippen molar-refractivity contribution in [3.63, 3.8) is 0 Å². The summed E-state index contributed by atoms with van der Waals surface area (Å²) in [5.41, 5.74) is 8.99. The minimum atomic E-state index is -3.69. The summed E-state index contributed by atoms with van der Waals surface area (Å²) in [5.74, 6) is 0.346. The van der Waals surface area contributed by atoms with Gasteiger partial charge in [-0.3, -0.25) is 0 Å². The zero-order chi connectivity index (χ0) is 32.2. The van der Waals surface area contributed by atoms with Crippen LogP contribution in [0.5, 0.6) is 5.75 Å². The maximum atomic E-state index is 13.7. The van der Waals surface area contributed by atoms with Crippen LogP contribution in [0.15, 0.2) is 76.5 Å². The molecule has 3 aromatic rings. The highest BCUT2D eigenvalue weighted by molar-refractivity contribution is 7.89. The number of ether oxygens (including phenoxy) is 2. The zero-order valence-electron chi connectivity index (χ0n) is 25.6. The van der Waals surface area contributed by atoms with Crippen molar-refractivity contribution in [2.45, 2.75) is 60.3 Å². The summed E-state index contributed by atoms with van der Waals surface area (Å²) in [6, 6.07) is 19.4. The van der Waals surface area contributed by atoms with Gasteiger partial charge in [-0.1, -0.05) is 36.4 Å². The maximum Gasteiger partial charge on any atom is 0.243 e. The molecule has 0 radical (unpaired) electrons. The van der Waals surface area contributed by atoms with Crippen LogP contribution in [-0.2, 0) is 31.3 Å². The molecule has 2 aliphatic heterocycles. The molecule has 2 atom stereocenters. The van der Waals surface area contributed by atoms with Gasteiger partial charge in [0.1, 0.15) is 18.5 Å². The van der Waals surface area contributed by atoms with E-state index in [0.717, 1.165) is 22.3 Å².